The molecule has 0 amide bonds. The molecule has 0 heterocycles. The van der Waals surface area contributed by atoms with Gasteiger partial charge in [0.05, 0.1) is 0 Å². The Morgan fingerprint density at radius 2 is 1.00 bits per heavy atom. The van der Waals surface area contributed by atoms with Crippen LogP contribution in [0, 0.1) is 0 Å². The van der Waals surface area contributed by atoms with Gasteiger partial charge in [0.25, 0.3) is 0 Å². The summed E-state index contributed by atoms with van der Waals surface area (Å²) in [6.07, 6.45) is 1.07. The molecule has 0 saturated carbocycles. The molecule has 3 aromatic rings. The summed E-state index contributed by atoms with van der Waals surface area (Å²) in [5.74, 6) is 0. The molecule has 0 aliphatic rings. The normalized spacial score (nSPS) is 12.2. The lowest BCUT2D eigenvalue weighted by Crippen LogP contribution is -2.20. The number of hydrogen-bond donors (Lipinski definition) is 0. The van der Waals surface area contributed by atoms with Crippen LogP contribution in [0.25, 0.3) is 22.3 Å². The van der Waals surface area contributed by atoms with Crippen molar-refractivity contribution in [3.63, 3.8) is 0 Å². The average molecular weight is 371 g/mol. The third-order valence-electron chi connectivity index (χ3n) is 5.50. The Morgan fingerprint density at radius 1 is 0.571 bits per heavy atom. The van der Waals surface area contributed by atoms with E-state index in [4.69, 9.17) is 0 Å². The highest BCUT2D eigenvalue weighted by atomic mass is 14.3. The van der Waals surface area contributed by atoms with Crippen molar-refractivity contribution in [3.05, 3.63) is 83.4 Å². The molecule has 0 aliphatic carbocycles. The van der Waals surface area contributed by atoms with Crippen molar-refractivity contribution in [2.45, 2.75) is 65.7 Å². The van der Waals surface area contributed by atoms with Gasteiger partial charge in [0.1, 0.15) is 0 Å². The van der Waals surface area contributed by atoms with Gasteiger partial charge >= 0.3 is 0 Å². The summed E-state index contributed by atoms with van der Waals surface area (Å²) in [4.78, 5) is 0. The van der Waals surface area contributed by atoms with Gasteiger partial charge in [-0.25, -0.2) is 0 Å². The average Bonchev–Trinajstić information content (AvgIpc) is 2.66. The molecule has 0 bridgehead atoms. The second-order valence-electron chi connectivity index (χ2n) is 9.86. The molecule has 3 rings (SSSR count). The van der Waals surface area contributed by atoms with Gasteiger partial charge in [-0.05, 0) is 56.2 Å². The van der Waals surface area contributed by atoms with E-state index in [0.717, 1.165) is 6.42 Å². The molecular formula is C28H34. The summed E-state index contributed by atoms with van der Waals surface area (Å²) in [5.41, 5.74) is 9.78. The van der Waals surface area contributed by atoms with E-state index in [-0.39, 0.29) is 10.8 Å². The SMILES string of the molecule is CCc1cc(C(C)(C)C)c(-c2ccc(-c3ccccc3)cc2)c(C(C)(C)C)c1. The molecule has 0 saturated heterocycles. The van der Waals surface area contributed by atoms with Crippen molar-refractivity contribution < 1.29 is 0 Å². The number of aryl methyl sites for hydroxylation is 1. The highest BCUT2D eigenvalue weighted by Crippen LogP contribution is 2.42. The van der Waals surface area contributed by atoms with E-state index in [1.165, 1.54) is 38.9 Å². The van der Waals surface area contributed by atoms with Crippen LogP contribution in [0.15, 0.2) is 66.7 Å². The zero-order valence-electron chi connectivity index (χ0n) is 18.6. The predicted molar refractivity (Wildman–Crippen MR) is 124 cm³/mol. The van der Waals surface area contributed by atoms with Crippen LogP contribution in [0.3, 0.4) is 0 Å². The quantitative estimate of drug-likeness (QED) is 0.436. The zero-order valence-corrected chi connectivity index (χ0v) is 18.6. The fourth-order valence-electron chi connectivity index (χ4n) is 3.86. The zero-order chi connectivity index (χ0) is 20.5. The third-order valence-corrected chi connectivity index (χ3v) is 5.50. The van der Waals surface area contributed by atoms with Gasteiger partial charge in [0, 0.05) is 0 Å². The van der Waals surface area contributed by atoms with Crippen LogP contribution in [0.2, 0.25) is 0 Å². The van der Waals surface area contributed by atoms with Gasteiger partial charge in [-0.2, -0.15) is 0 Å². The second kappa shape index (κ2) is 7.59. The highest BCUT2D eigenvalue weighted by Gasteiger charge is 2.27. The molecule has 28 heavy (non-hydrogen) atoms. The Kier molecular flexibility index (Phi) is 5.53. The van der Waals surface area contributed by atoms with Crippen LogP contribution in [-0.2, 0) is 17.3 Å². The standard InChI is InChI=1S/C28H34/c1-8-20-18-24(27(2,3)4)26(25(19-20)28(5,6)7)23-16-14-22(15-17-23)21-12-10-9-11-13-21/h9-19H,8H2,1-7H3. The van der Waals surface area contributed by atoms with Crippen LogP contribution in [0.5, 0.6) is 0 Å². The summed E-state index contributed by atoms with van der Waals surface area (Å²) in [5, 5.41) is 0. The molecule has 3 aromatic carbocycles. The minimum atomic E-state index is 0.0958. The van der Waals surface area contributed by atoms with Crippen molar-refractivity contribution in [1.82, 2.24) is 0 Å². The molecular weight excluding hydrogens is 336 g/mol. The first kappa shape index (κ1) is 20.4. The lowest BCUT2D eigenvalue weighted by atomic mass is 9.73. The van der Waals surface area contributed by atoms with Crippen LogP contribution >= 0.6 is 0 Å². The Hall–Kier alpha value is -2.34. The summed E-state index contributed by atoms with van der Waals surface area (Å²) in [6.45, 7) is 16.2. The lowest BCUT2D eigenvalue weighted by Gasteiger charge is -2.31. The van der Waals surface area contributed by atoms with Crippen molar-refractivity contribution in [3.8, 4) is 22.3 Å². The molecule has 0 heteroatoms. The monoisotopic (exact) mass is 370 g/mol. The molecule has 0 fully saturated rings. The minimum Gasteiger partial charge on any atom is -0.0622 e. The van der Waals surface area contributed by atoms with Gasteiger partial charge in [-0.15, -0.1) is 0 Å². The molecule has 0 aromatic heterocycles. The molecule has 0 atom stereocenters. The minimum absolute atomic E-state index is 0.0958. The van der Waals surface area contributed by atoms with Gasteiger partial charge in [-0.1, -0.05) is 115 Å². The fourth-order valence-corrected chi connectivity index (χ4v) is 3.86. The van der Waals surface area contributed by atoms with Crippen molar-refractivity contribution in [2.75, 3.05) is 0 Å². The Balaban J connectivity index is 2.22. The molecule has 0 spiro atoms. The van der Waals surface area contributed by atoms with Crippen LogP contribution in [0.4, 0.5) is 0 Å². The first-order chi connectivity index (χ1) is 13.1. The van der Waals surface area contributed by atoms with Gasteiger partial charge in [0.2, 0.25) is 0 Å². The van der Waals surface area contributed by atoms with Crippen molar-refractivity contribution in [2.24, 2.45) is 0 Å². The lowest BCUT2D eigenvalue weighted by molar-refractivity contribution is 0.570. The molecule has 0 N–H and O–H groups in total. The molecule has 0 nitrogen and oxygen atoms in total. The van der Waals surface area contributed by atoms with Gasteiger partial charge in [0.15, 0.2) is 0 Å². The topological polar surface area (TPSA) is 0 Å². The fraction of sp³-hybridized carbons (Fsp3) is 0.357. The molecule has 146 valence electrons. The molecule has 0 radical (unpaired) electrons. The van der Waals surface area contributed by atoms with Crippen molar-refractivity contribution >= 4 is 0 Å². The molecule has 0 aliphatic heterocycles. The first-order valence-electron chi connectivity index (χ1n) is 10.4. The van der Waals surface area contributed by atoms with E-state index >= 15 is 0 Å². The van der Waals surface area contributed by atoms with E-state index in [1.807, 2.05) is 0 Å². The van der Waals surface area contributed by atoms with Crippen molar-refractivity contribution in [1.29, 1.82) is 0 Å². The van der Waals surface area contributed by atoms with E-state index in [2.05, 4.69) is 115 Å². The van der Waals surface area contributed by atoms with Crippen LogP contribution in [0.1, 0.15) is 65.2 Å². The number of benzene rings is 3. The van der Waals surface area contributed by atoms with Gasteiger partial charge in [-0.3, -0.25) is 0 Å². The second-order valence-corrected chi connectivity index (χ2v) is 9.86. The first-order valence-corrected chi connectivity index (χ1v) is 10.4. The summed E-state index contributed by atoms with van der Waals surface area (Å²) >= 11 is 0. The van der Waals surface area contributed by atoms with E-state index in [1.54, 1.807) is 0 Å². The molecule has 0 unspecified atom stereocenters. The number of rotatable bonds is 3. The summed E-state index contributed by atoms with van der Waals surface area (Å²) in [6, 6.07) is 24.6. The van der Waals surface area contributed by atoms with Crippen LogP contribution < -0.4 is 0 Å². The van der Waals surface area contributed by atoms with Crippen LogP contribution in [-0.4, -0.2) is 0 Å². The van der Waals surface area contributed by atoms with E-state index < -0.39 is 0 Å². The van der Waals surface area contributed by atoms with Gasteiger partial charge < -0.3 is 0 Å². The highest BCUT2D eigenvalue weighted by molar-refractivity contribution is 5.77. The smallest absolute Gasteiger partial charge is 0.0109 e. The summed E-state index contributed by atoms with van der Waals surface area (Å²) in [7, 11) is 0. The Labute approximate surface area is 171 Å². The van der Waals surface area contributed by atoms with E-state index in [0.29, 0.717) is 0 Å². The third kappa shape index (κ3) is 4.22. The Morgan fingerprint density at radius 3 is 1.43 bits per heavy atom. The maximum Gasteiger partial charge on any atom is -0.0109 e. The largest absolute Gasteiger partial charge is 0.0622 e. The maximum atomic E-state index is 2.43. The maximum absolute atomic E-state index is 2.43. The Bertz CT molecular complexity index is 895. The summed E-state index contributed by atoms with van der Waals surface area (Å²) < 4.78 is 0. The van der Waals surface area contributed by atoms with E-state index in [9.17, 15) is 0 Å². The number of hydrogen-bond acceptors (Lipinski definition) is 0. The predicted octanol–water partition coefficient (Wildman–Crippen LogP) is 8.18.